The SMILES string of the molecule is CO[C@H]1/C=C/O[C@@]2(C)Oc3cc(O)c4c(O)c(c(/C=N\N5CCN(C)CC5)c(O)c4c3C2=O)NC(=O)/C(C)=C/C=C/[C@H](C)[C@H](O)[C@@H](C)[C@@H](O)[C@@H](C)[C@H](OC(C)=O)[C@@H]1C.NC(=O)c1cnccn1.NNC(=O)c1ccncc1. The standard InChI is InChI=1S/C42H56N4O12.C6H7N3O.C5H5N3O/c1-21-11-10-12-22(2)41(54)44-34-27(20-43-46-16-14-45(8)15-17-46)37(51)33-31(38(34)52)28(48)19-30-32(33)40(53)42(7,58-30)56-18-13-29(55-9)23(3)39(57-26(6)47)25(5)36(50)24(4)35(21)49;7-9-6(10)5-1-3-8-4-2-5;6-5(9)4-3-7-1-2-8-4/h10-13,18-21,23-25,29,35-36,39,48-52H,14-17H2,1-9H3,(H,44,54);1-4H,7H2,(H,9,10);1-3H,(H2,6,9)/b11-10+,18-13+,22-12+,43-20-;;/t21-,23+,24+,25+,29-,35-,36+,39+,42-;;/m0../s1. The Balaban J connectivity index is 0.000000479. The van der Waals surface area contributed by atoms with E-state index in [2.05, 4.69) is 30.3 Å². The van der Waals surface area contributed by atoms with E-state index < -0.39 is 94.7 Å². The number of carbonyl (C=O) groups is 5. The summed E-state index contributed by atoms with van der Waals surface area (Å²) in [5, 5.41) is 66.2. The van der Waals surface area contributed by atoms with Crippen molar-refractivity contribution >= 4 is 52.1 Å². The van der Waals surface area contributed by atoms with Gasteiger partial charge in [0.15, 0.2) is 5.75 Å². The molecule has 9 atom stereocenters. The van der Waals surface area contributed by atoms with Gasteiger partial charge in [0.1, 0.15) is 29.0 Å². The third-order valence-corrected chi connectivity index (χ3v) is 13.4. The molecule has 0 unspecified atom stereocenters. The van der Waals surface area contributed by atoms with E-state index >= 15 is 0 Å². The van der Waals surface area contributed by atoms with Crippen LogP contribution in [0.1, 0.15) is 85.2 Å². The molecule has 24 nitrogen and oxygen atoms in total. The Morgan fingerprint density at radius 1 is 0.935 bits per heavy atom. The fourth-order valence-electron chi connectivity index (χ4n) is 8.73. The number of rotatable bonds is 6. The minimum Gasteiger partial charge on any atom is -0.507 e. The molecule has 4 aliphatic rings. The number of amides is 3. The molecule has 6 heterocycles. The lowest BCUT2D eigenvalue weighted by molar-refractivity contribution is -0.160. The first-order chi connectivity index (χ1) is 36.5. The predicted octanol–water partition coefficient (Wildman–Crippen LogP) is 3.29. The molecule has 8 rings (SSSR count). The molecule has 1 saturated heterocycles. The molecule has 4 aromatic rings. The summed E-state index contributed by atoms with van der Waals surface area (Å²) in [6.07, 6.45) is 12.1. The number of hydrazine groups is 1. The van der Waals surface area contributed by atoms with Gasteiger partial charge in [0.2, 0.25) is 0 Å². The second-order valence-corrected chi connectivity index (χ2v) is 18.9. The van der Waals surface area contributed by atoms with Gasteiger partial charge in [0, 0.05) is 118 Å². The molecule has 1 fully saturated rings. The molecule has 2 aromatic carbocycles. The van der Waals surface area contributed by atoms with Crippen molar-refractivity contribution in [3.8, 4) is 23.0 Å². The normalized spacial score (nSPS) is 26.6. The minimum absolute atomic E-state index is 0.136. The Kier molecular flexibility index (Phi) is 20.7. The van der Waals surface area contributed by atoms with E-state index in [1.165, 1.54) is 83.5 Å². The number of anilines is 1. The summed E-state index contributed by atoms with van der Waals surface area (Å²) in [7, 11) is 3.42. The Hall–Kier alpha value is -8.03. The van der Waals surface area contributed by atoms with Crippen LogP contribution in [-0.4, -0.2) is 157 Å². The van der Waals surface area contributed by atoms with Gasteiger partial charge in [-0.05, 0) is 32.2 Å². The Morgan fingerprint density at radius 2 is 1.61 bits per heavy atom. The molecule has 0 aliphatic carbocycles. The topological polar surface area (TPSA) is 357 Å². The smallest absolute Gasteiger partial charge is 0.312 e. The summed E-state index contributed by atoms with van der Waals surface area (Å²) in [4.78, 5) is 74.5. The summed E-state index contributed by atoms with van der Waals surface area (Å²) in [6.45, 7) is 13.6. The summed E-state index contributed by atoms with van der Waals surface area (Å²) in [5.74, 6) is -4.41. The number of Topliss-reactive ketones (excluding diaryl/α,β-unsaturated/α-hetero) is 1. The van der Waals surface area contributed by atoms with Crippen molar-refractivity contribution < 1.29 is 68.5 Å². The summed E-state index contributed by atoms with van der Waals surface area (Å²) < 4.78 is 23.4. The third-order valence-electron chi connectivity index (χ3n) is 13.4. The molecule has 0 saturated carbocycles. The van der Waals surface area contributed by atoms with Crippen LogP contribution in [0.15, 0.2) is 90.4 Å². The fraction of sp³-hybridized carbons (Fsp3) is 0.415. The number of likely N-dealkylation sites (N-methyl/N-ethyl adjacent to an activating group) is 1. The van der Waals surface area contributed by atoms with Gasteiger partial charge in [-0.1, -0.05) is 45.9 Å². The molecule has 5 bridgehead atoms. The van der Waals surface area contributed by atoms with Crippen LogP contribution in [0.4, 0.5) is 5.69 Å². The lowest BCUT2D eigenvalue weighted by Crippen LogP contribution is -2.46. The fourth-order valence-corrected chi connectivity index (χ4v) is 8.73. The van der Waals surface area contributed by atoms with Crippen molar-refractivity contribution in [1.82, 2.24) is 30.3 Å². The lowest BCUT2D eigenvalue weighted by Gasteiger charge is -2.38. The van der Waals surface area contributed by atoms with Crippen LogP contribution >= 0.6 is 0 Å². The molecule has 414 valence electrons. The van der Waals surface area contributed by atoms with E-state index in [0.717, 1.165) is 19.2 Å². The number of phenolic OH excluding ortho intramolecular Hbond substituents is 3. The van der Waals surface area contributed by atoms with Crippen molar-refractivity contribution in [3.05, 3.63) is 108 Å². The number of nitrogens with zero attached hydrogens (tertiary/aromatic N) is 6. The number of hydrogen-bond donors (Lipinski definition) is 9. The number of nitrogens with two attached hydrogens (primary N) is 2. The highest BCUT2D eigenvalue weighted by atomic mass is 16.7. The molecular weight excluding hydrogens is 1000 g/mol. The number of fused-ring (bicyclic) bond motifs is 14. The largest absolute Gasteiger partial charge is 0.507 e. The number of benzene rings is 2. The maximum absolute atomic E-state index is 14.3. The number of esters is 1. The van der Waals surface area contributed by atoms with E-state index in [-0.39, 0.29) is 50.5 Å². The molecule has 11 N–H and O–H groups in total. The van der Waals surface area contributed by atoms with E-state index in [4.69, 9.17) is 30.5 Å². The number of hydrogen-bond acceptors (Lipinski definition) is 21. The first-order valence-corrected chi connectivity index (χ1v) is 24.5. The van der Waals surface area contributed by atoms with E-state index in [9.17, 15) is 49.5 Å². The molecule has 3 amide bonds. The van der Waals surface area contributed by atoms with Crippen molar-refractivity contribution in [3.63, 3.8) is 0 Å². The number of allylic oxidation sites excluding steroid dienone is 2. The Morgan fingerprint density at radius 3 is 2.19 bits per heavy atom. The highest BCUT2D eigenvalue weighted by Crippen LogP contribution is 2.53. The van der Waals surface area contributed by atoms with Gasteiger partial charge < -0.3 is 60.4 Å². The molecule has 2 aromatic heterocycles. The maximum Gasteiger partial charge on any atom is 0.312 e. The average Bonchev–Trinajstić information content (AvgIpc) is 3.76. The monoisotopic (exact) mass is 1070 g/mol. The number of aromatic nitrogens is 3. The van der Waals surface area contributed by atoms with Crippen LogP contribution in [0, 0.1) is 23.7 Å². The highest BCUT2D eigenvalue weighted by Gasteiger charge is 2.49. The first kappa shape index (κ1) is 59.8. The molecule has 0 spiro atoms. The lowest BCUT2D eigenvalue weighted by atomic mass is 9.78. The number of nitrogen functional groups attached to an aromatic ring is 1. The average molecular weight is 1070 g/mol. The van der Waals surface area contributed by atoms with Gasteiger partial charge in [-0.15, -0.1) is 0 Å². The van der Waals surface area contributed by atoms with Crippen LogP contribution in [0.3, 0.4) is 0 Å². The Labute approximate surface area is 445 Å². The van der Waals surface area contributed by atoms with Crippen molar-refractivity contribution in [2.75, 3.05) is 45.7 Å². The van der Waals surface area contributed by atoms with Crippen molar-refractivity contribution in [2.24, 2.45) is 40.3 Å². The number of primary amides is 1. The predicted molar refractivity (Wildman–Crippen MR) is 282 cm³/mol. The second kappa shape index (κ2) is 26.6. The van der Waals surface area contributed by atoms with Crippen LogP contribution in [-0.2, 0) is 23.8 Å². The third kappa shape index (κ3) is 14.5. The number of pyridine rings is 1. The van der Waals surface area contributed by atoms with Crippen LogP contribution < -0.4 is 27.1 Å². The number of nitrogens with one attached hydrogen (secondary N) is 2. The zero-order valence-corrected chi connectivity index (χ0v) is 44.3. The van der Waals surface area contributed by atoms with Crippen molar-refractivity contribution in [1.29, 1.82) is 0 Å². The number of ether oxygens (including phenoxy) is 4. The van der Waals surface area contributed by atoms with Gasteiger partial charge in [0.25, 0.3) is 23.5 Å². The zero-order valence-electron chi connectivity index (χ0n) is 44.3. The van der Waals surface area contributed by atoms with Crippen LogP contribution in [0.2, 0.25) is 0 Å². The number of aromatic hydroxyl groups is 3. The quantitative estimate of drug-likeness (QED) is 0.0254. The van der Waals surface area contributed by atoms with Crippen LogP contribution in [0.25, 0.3) is 10.8 Å². The molecule has 0 radical (unpaired) electrons. The van der Waals surface area contributed by atoms with Crippen LogP contribution in [0.5, 0.6) is 23.0 Å². The molecule has 4 aliphatic heterocycles. The maximum atomic E-state index is 14.3. The highest BCUT2D eigenvalue weighted by molar-refractivity contribution is 6.23. The van der Waals surface area contributed by atoms with Gasteiger partial charge in [-0.2, -0.15) is 5.10 Å². The minimum atomic E-state index is -2.03. The van der Waals surface area contributed by atoms with E-state index in [0.29, 0.717) is 18.7 Å². The Bertz CT molecular complexity index is 2880. The van der Waals surface area contributed by atoms with Gasteiger partial charge in [-0.3, -0.25) is 44.4 Å². The number of ketones is 1. The number of phenols is 3. The molecule has 77 heavy (non-hydrogen) atoms. The molecular formula is C53H68N10O14. The molecule has 24 heteroatoms. The van der Waals surface area contributed by atoms with Gasteiger partial charge in [-0.25, -0.2) is 10.8 Å². The number of carbonyl (C=O) groups excluding carboxylic acids is 5. The van der Waals surface area contributed by atoms with E-state index in [1.807, 2.05) is 12.5 Å². The number of methoxy groups -OCH3 is 1. The number of aliphatic hydroxyl groups excluding tert-OH is 2. The first-order valence-electron chi connectivity index (χ1n) is 24.5. The summed E-state index contributed by atoms with van der Waals surface area (Å²) in [6, 6.07) is 4.28. The van der Waals surface area contributed by atoms with E-state index in [1.54, 1.807) is 57.0 Å². The summed E-state index contributed by atoms with van der Waals surface area (Å²) >= 11 is 0. The van der Waals surface area contributed by atoms with Crippen molar-refractivity contribution in [2.45, 2.75) is 78.7 Å². The number of aliphatic hydroxyl groups is 2. The van der Waals surface area contributed by atoms with Gasteiger partial charge >= 0.3 is 11.8 Å². The summed E-state index contributed by atoms with van der Waals surface area (Å²) in [5.41, 5.74) is 7.16. The number of piperazine rings is 1. The zero-order chi connectivity index (χ0) is 56.9. The number of hydrazone groups is 1. The van der Waals surface area contributed by atoms with Gasteiger partial charge in [0.05, 0.1) is 59.2 Å². The second-order valence-electron chi connectivity index (χ2n) is 18.9.